The maximum absolute atomic E-state index is 12.4. The van der Waals surface area contributed by atoms with Crippen LogP contribution in [0.1, 0.15) is 25.5 Å². The summed E-state index contributed by atoms with van der Waals surface area (Å²) in [5.41, 5.74) is 1.19. The Morgan fingerprint density at radius 2 is 1.90 bits per heavy atom. The molecule has 1 N–H and O–H groups in total. The van der Waals surface area contributed by atoms with E-state index in [0.29, 0.717) is 34.9 Å². The second-order valence-electron chi connectivity index (χ2n) is 6.71. The smallest absolute Gasteiger partial charge is 0.252 e. The molecule has 0 aliphatic carbocycles. The number of ether oxygens (including phenoxy) is 2. The average Bonchev–Trinajstić information content (AvgIpc) is 2.70. The number of methoxy groups -OCH3 is 2. The van der Waals surface area contributed by atoms with Gasteiger partial charge < -0.3 is 14.8 Å². The molecule has 0 saturated heterocycles. The van der Waals surface area contributed by atoms with Gasteiger partial charge in [0.2, 0.25) is 5.16 Å². The molecule has 29 heavy (non-hydrogen) atoms. The van der Waals surface area contributed by atoms with E-state index in [1.165, 1.54) is 12.3 Å². The summed E-state index contributed by atoms with van der Waals surface area (Å²) in [6, 6.07) is 8.63. The maximum Gasteiger partial charge on any atom is 0.252 e. The molecule has 154 valence electrons. The standard InChI is InChI=1S/C20H24N4O4S/c1-12(2)24-17(25)9-8-15-18(22-20(29(5)26)23-19(15)24)21-11-13-6-7-14(27-3)10-16(13)28-4/h6-10,12H,11H2,1-5H3,(H,21,22,23). The second kappa shape index (κ2) is 8.60. The fourth-order valence-corrected chi connectivity index (χ4v) is 3.49. The van der Waals surface area contributed by atoms with Crippen molar-refractivity contribution in [3.8, 4) is 11.5 Å². The van der Waals surface area contributed by atoms with Gasteiger partial charge in [-0.3, -0.25) is 13.6 Å². The largest absolute Gasteiger partial charge is 0.497 e. The highest BCUT2D eigenvalue weighted by molar-refractivity contribution is 7.84. The van der Waals surface area contributed by atoms with E-state index in [2.05, 4.69) is 15.3 Å². The highest BCUT2D eigenvalue weighted by Crippen LogP contribution is 2.27. The molecule has 2 heterocycles. The number of anilines is 1. The van der Waals surface area contributed by atoms with E-state index in [0.717, 1.165) is 5.56 Å². The van der Waals surface area contributed by atoms with Crippen LogP contribution in [-0.2, 0) is 17.3 Å². The average molecular weight is 417 g/mol. The number of benzene rings is 1. The van der Waals surface area contributed by atoms with Gasteiger partial charge in [-0.05, 0) is 32.0 Å². The fourth-order valence-electron chi connectivity index (χ4n) is 3.05. The number of nitrogens with zero attached hydrogens (tertiary/aromatic N) is 3. The highest BCUT2D eigenvalue weighted by Gasteiger charge is 2.16. The minimum absolute atomic E-state index is 0.103. The first-order chi connectivity index (χ1) is 13.8. The van der Waals surface area contributed by atoms with Crippen LogP contribution in [0.2, 0.25) is 0 Å². The predicted molar refractivity (Wildman–Crippen MR) is 113 cm³/mol. The zero-order valence-corrected chi connectivity index (χ0v) is 17.9. The lowest BCUT2D eigenvalue weighted by molar-refractivity contribution is 0.391. The summed E-state index contributed by atoms with van der Waals surface area (Å²) in [6.45, 7) is 4.22. The van der Waals surface area contributed by atoms with E-state index in [1.807, 2.05) is 26.0 Å². The summed E-state index contributed by atoms with van der Waals surface area (Å²) in [6.07, 6.45) is 1.51. The first-order valence-electron chi connectivity index (χ1n) is 9.07. The Morgan fingerprint density at radius 3 is 2.52 bits per heavy atom. The Kier molecular flexibility index (Phi) is 6.17. The number of aromatic nitrogens is 3. The lowest BCUT2D eigenvalue weighted by Crippen LogP contribution is -2.23. The molecule has 0 aliphatic heterocycles. The number of fused-ring (bicyclic) bond motifs is 1. The molecule has 2 aromatic heterocycles. The van der Waals surface area contributed by atoms with Gasteiger partial charge in [0, 0.05) is 36.5 Å². The fraction of sp³-hybridized carbons (Fsp3) is 0.350. The van der Waals surface area contributed by atoms with Crippen molar-refractivity contribution in [2.45, 2.75) is 31.6 Å². The second-order valence-corrected chi connectivity index (χ2v) is 7.99. The Labute approximate surface area is 171 Å². The topological polar surface area (TPSA) is 95.3 Å². The number of nitrogens with one attached hydrogen (secondary N) is 1. The summed E-state index contributed by atoms with van der Waals surface area (Å²) >= 11 is 0. The van der Waals surface area contributed by atoms with Gasteiger partial charge in [-0.1, -0.05) is 0 Å². The quantitative estimate of drug-likeness (QED) is 0.592. The van der Waals surface area contributed by atoms with Crippen LogP contribution in [-0.4, -0.2) is 39.2 Å². The molecule has 8 nitrogen and oxygen atoms in total. The third-order valence-corrected chi connectivity index (χ3v) is 5.17. The predicted octanol–water partition coefficient (Wildman–Crippen LogP) is 2.74. The lowest BCUT2D eigenvalue weighted by atomic mass is 10.2. The molecule has 3 rings (SSSR count). The molecule has 1 atom stereocenters. The van der Waals surface area contributed by atoms with E-state index in [1.54, 1.807) is 30.9 Å². The molecule has 9 heteroatoms. The van der Waals surface area contributed by atoms with Gasteiger partial charge in [0.05, 0.1) is 30.4 Å². The first kappa shape index (κ1) is 20.8. The minimum Gasteiger partial charge on any atom is -0.497 e. The summed E-state index contributed by atoms with van der Waals surface area (Å²) in [5, 5.41) is 4.12. The number of rotatable bonds is 7. The van der Waals surface area contributed by atoms with Crippen molar-refractivity contribution in [2.75, 3.05) is 25.8 Å². The van der Waals surface area contributed by atoms with Gasteiger partial charge in [-0.25, -0.2) is 9.97 Å². The van der Waals surface area contributed by atoms with Crippen LogP contribution in [0.4, 0.5) is 5.82 Å². The van der Waals surface area contributed by atoms with Crippen LogP contribution < -0.4 is 20.3 Å². The Balaban J connectivity index is 2.09. The zero-order valence-electron chi connectivity index (χ0n) is 17.1. The summed E-state index contributed by atoms with van der Waals surface area (Å²) in [7, 11) is 1.79. The molecule has 0 amide bonds. The molecule has 1 aromatic carbocycles. The summed E-state index contributed by atoms with van der Waals surface area (Å²) < 4.78 is 24.3. The zero-order chi connectivity index (χ0) is 21.1. The van der Waals surface area contributed by atoms with Crippen LogP contribution in [0.25, 0.3) is 11.0 Å². The number of hydrogen-bond donors (Lipinski definition) is 1. The van der Waals surface area contributed by atoms with Crippen LogP contribution in [0.5, 0.6) is 11.5 Å². The number of hydrogen-bond acceptors (Lipinski definition) is 7. The monoisotopic (exact) mass is 416 g/mol. The Hall–Kier alpha value is -2.94. The first-order valence-corrected chi connectivity index (χ1v) is 10.6. The SMILES string of the molecule is COc1ccc(CNc2nc(S(C)=O)nc3c2ccc(=O)n3C(C)C)c(OC)c1. The third kappa shape index (κ3) is 4.24. The van der Waals surface area contributed by atoms with Crippen LogP contribution in [0.3, 0.4) is 0 Å². The minimum atomic E-state index is -1.40. The molecule has 3 aromatic rings. The van der Waals surface area contributed by atoms with Gasteiger partial charge in [-0.15, -0.1) is 0 Å². The molecule has 0 radical (unpaired) electrons. The van der Waals surface area contributed by atoms with Gasteiger partial charge in [0.15, 0.2) is 0 Å². The van der Waals surface area contributed by atoms with Crippen molar-refractivity contribution in [1.29, 1.82) is 0 Å². The Morgan fingerprint density at radius 1 is 1.14 bits per heavy atom. The molecule has 0 spiro atoms. The molecule has 0 bridgehead atoms. The molecule has 1 unspecified atom stereocenters. The van der Waals surface area contributed by atoms with Crippen molar-refractivity contribution in [3.63, 3.8) is 0 Å². The van der Waals surface area contributed by atoms with Gasteiger partial charge in [0.1, 0.15) is 23.0 Å². The molecular weight excluding hydrogens is 392 g/mol. The normalized spacial score (nSPS) is 12.2. The lowest BCUT2D eigenvalue weighted by Gasteiger charge is -2.16. The van der Waals surface area contributed by atoms with Crippen LogP contribution >= 0.6 is 0 Å². The Bertz CT molecular complexity index is 1130. The van der Waals surface area contributed by atoms with Crippen molar-refractivity contribution in [3.05, 3.63) is 46.2 Å². The molecular formula is C20H24N4O4S. The van der Waals surface area contributed by atoms with E-state index < -0.39 is 10.8 Å². The van der Waals surface area contributed by atoms with Crippen molar-refractivity contribution >= 4 is 27.7 Å². The summed E-state index contributed by atoms with van der Waals surface area (Å²) in [4.78, 5) is 21.2. The van der Waals surface area contributed by atoms with Gasteiger partial charge in [0.25, 0.3) is 5.56 Å². The molecule has 0 fully saturated rings. The van der Waals surface area contributed by atoms with Crippen LogP contribution in [0.15, 0.2) is 40.3 Å². The summed E-state index contributed by atoms with van der Waals surface area (Å²) in [5.74, 6) is 1.88. The van der Waals surface area contributed by atoms with Gasteiger partial charge >= 0.3 is 0 Å². The van der Waals surface area contributed by atoms with Gasteiger partial charge in [-0.2, -0.15) is 0 Å². The third-order valence-electron chi connectivity index (χ3n) is 4.48. The molecule has 0 aliphatic rings. The van der Waals surface area contributed by atoms with Crippen LogP contribution in [0, 0.1) is 0 Å². The van der Waals surface area contributed by atoms with E-state index >= 15 is 0 Å². The maximum atomic E-state index is 12.4. The van der Waals surface area contributed by atoms with Crippen molar-refractivity contribution in [2.24, 2.45) is 0 Å². The van der Waals surface area contributed by atoms with Crippen molar-refractivity contribution < 1.29 is 13.7 Å². The van der Waals surface area contributed by atoms with E-state index in [9.17, 15) is 9.00 Å². The van der Waals surface area contributed by atoms with Crippen molar-refractivity contribution in [1.82, 2.24) is 14.5 Å². The van der Waals surface area contributed by atoms with E-state index in [4.69, 9.17) is 9.47 Å². The highest BCUT2D eigenvalue weighted by atomic mass is 32.2. The number of pyridine rings is 1. The van der Waals surface area contributed by atoms with E-state index in [-0.39, 0.29) is 16.8 Å². The molecule has 0 saturated carbocycles.